The lowest BCUT2D eigenvalue weighted by Crippen LogP contribution is -2.41. The molecule has 2 aliphatic heterocycles. The molecule has 1 atom stereocenters. The maximum atomic E-state index is 11.5. The Morgan fingerprint density at radius 1 is 1.00 bits per heavy atom. The molecule has 0 amide bonds. The first kappa shape index (κ1) is 14.7. The minimum atomic E-state index is -0.990. The van der Waals surface area contributed by atoms with Crippen LogP contribution in [0.25, 0.3) is 0 Å². The number of nitrogens with zero attached hydrogens (tertiary/aromatic N) is 2. The lowest BCUT2D eigenvalue weighted by molar-refractivity contribution is -0.661. The van der Waals surface area contributed by atoms with Crippen molar-refractivity contribution < 1.29 is 9.68 Å². The van der Waals surface area contributed by atoms with Crippen LogP contribution >= 0.6 is 11.6 Å². The van der Waals surface area contributed by atoms with Crippen molar-refractivity contribution >= 4 is 23.1 Å². The van der Waals surface area contributed by atoms with Crippen LogP contribution in [0.5, 0.6) is 0 Å². The third kappa shape index (κ3) is 2.44. The second kappa shape index (κ2) is 5.66. The molecule has 0 saturated heterocycles. The smallest absolute Gasteiger partial charge is 0.271 e. The van der Waals surface area contributed by atoms with Crippen LogP contribution in [0.2, 0.25) is 5.02 Å². The van der Waals surface area contributed by atoms with Crippen LogP contribution in [0, 0.1) is 0 Å². The molecule has 2 aromatic carbocycles. The zero-order valence-electron chi connectivity index (χ0n) is 13.0. The molecule has 2 heterocycles. The van der Waals surface area contributed by atoms with E-state index in [9.17, 15) is 5.11 Å². The topological polar surface area (TPSA) is 26.5 Å². The standard InChI is InChI=1S/C19H20ClN2O/c20-16-11-9-15(10-12-16)19(23)14-21(17-6-2-1-3-7-17)18-8-4-5-13-22(18)19/h1-3,6-7,9-12,23H,4-5,8,13-14H2/q+1/t19-/m0/s1. The first-order chi connectivity index (χ1) is 11.2. The Bertz CT molecular complexity index is 742. The molecule has 23 heavy (non-hydrogen) atoms. The lowest BCUT2D eigenvalue weighted by Gasteiger charge is -2.24. The number of aliphatic hydroxyl groups is 1. The van der Waals surface area contributed by atoms with Gasteiger partial charge in [0.05, 0.1) is 6.54 Å². The minimum Gasteiger partial charge on any atom is -0.346 e. The van der Waals surface area contributed by atoms with Crippen LogP contribution in [-0.2, 0) is 5.72 Å². The summed E-state index contributed by atoms with van der Waals surface area (Å²) < 4.78 is 2.17. The van der Waals surface area contributed by atoms with Gasteiger partial charge in [-0.2, -0.15) is 0 Å². The van der Waals surface area contributed by atoms with Crippen molar-refractivity contribution in [1.82, 2.24) is 0 Å². The Kier molecular flexibility index (Phi) is 3.63. The number of halogens is 1. The monoisotopic (exact) mass is 327 g/mol. The molecule has 0 unspecified atom stereocenters. The maximum Gasteiger partial charge on any atom is 0.271 e. The molecule has 0 spiro atoms. The molecule has 4 heteroatoms. The van der Waals surface area contributed by atoms with Gasteiger partial charge in [0.1, 0.15) is 5.69 Å². The van der Waals surface area contributed by atoms with Gasteiger partial charge < -0.3 is 5.11 Å². The molecule has 0 fully saturated rings. The van der Waals surface area contributed by atoms with Crippen LogP contribution in [0.4, 0.5) is 5.69 Å². The van der Waals surface area contributed by atoms with E-state index in [0.717, 1.165) is 30.6 Å². The molecule has 4 rings (SSSR count). The fraction of sp³-hybridized carbons (Fsp3) is 0.316. The molecule has 2 aromatic rings. The molecule has 0 aromatic heterocycles. The summed E-state index contributed by atoms with van der Waals surface area (Å²) >= 11 is 6.01. The summed E-state index contributed by atoms with van der Waals surface area (Å²) in [4.78, 5) is 2.26. The third-order valence-corrected chi connectivity index (χ3v) is 5.11. The van der Waals surface area contributed by atoms with Crippen molar-refractivity contribution in [3.63, 3.8) is 0 Å². The highest BCUT2D eigenvalue weighted by Gasteiger charge is 2.52. The minimum absolute atomic E-state index is 0.550. The van der Waals surface area contributed by atoms with Crippen LogP contribution in [-0.4, -0.2) is 28.6 Å². The zero-order valence-corrected chi connectivity index (χ0v) is 13.7. The quantitative estimate of drug-likeness (QED) is 0.853. The fourth-order valence-corrected chi connectivity index (χ4v) is 3.83. The van der Waals surface area contributed by atoms with E-state index in [1.54, 1.807) is 0 Å². The van der Waals surface area contributed by atoms with Crippen LogP contribution in [0.1, 0.15) is 24.8 Å². The summed E-state index contributed by atoms with van der Waals surface area (Å²) in [6, 6.07) is 17.9. The molecule has 2 aliphatic rings. The summed E-state index contributed by atoms with van der Waals surface area (Å²) in [5.41, 5.74) is 1.05. The van der Waals surface area contributed by atoms with Gasteiger partial charge >= 0.3 is 0 Å². The van der Waals surface area contributed by atoms with E-state index < -0.39 is 5.72 Å². The molecule has 0 aliphatic carbocycles. The Balaban J connectivity index is 1.80. The lowest BCUT2D eigenvalue weighted by atomic mass is 10.0. The largest absolute Gasteiger partial charge is 0.346 e. The molecule has 0 radical (unpaired) electrons. The van der Waals surface area contributed by atoms with Gasteiger partial charge in [-0.05, 0) is 37.1 Å². The van der Waals surface area contributed by atoms with Crippen molar-refractivity contribution in [2.45, 2.75) is 25.0 Å². The predicted octanol–water partition coefficient (Wildman–Crippen LogP) is 3.60. The van der Waals surface area contributed by atoms with Gasteiger partial charge in [0.2, 0.25) is 0 Å². The van der Waals surface area contributed by atoms with Crippen molar-refractivity contribution in [2.75, 3.05) is 18.0 Å². The number of β-amino-alcohol motifs (C(OH)–C–C–N with tert-alkyl or cyclic N) is 1. The fourth-order valence-electron chi connectivity index (χ4n) is 3.71. The molecular formula is C19H20ClN2O+. The molecule has 1 N–H and O–H groups in total. The van der Waals surface area contributed by atoms with Gasteiger partial charge in [-0.15, -0.1) is 0 Å². The van der Waals surface area contributed by atoms with E-state index >= 15 is 0 Å². The summed E-state index contributed by atoms with van der Waals surface area (Å²) in [6.07, 6.45) is 3.29. The van der Waals surface area contributed by atoms with E-state index in [-0.39, 0.29) is 0 Å². The predicted molar refractivity (Wildman–Crippen MR) is 93.1 cm³/mol. The van der Waals surface area contributed by atoms with Crippen molar-refractivity contribution in [3.8, 4) is 0 Å². The van der Waals surface area contributed by atoms with Gasteiger partial charge in [-0.1, -0.05) is 41.9 Å². The molecule has 118 valence electrons. The van der Waals surface area contributed by atoms with Crippen molar-refractivity contribution in [1.29, 1.82) is 0 Å². The first-order valence-electron chi connectivity index (χ1n) is 8.13. The van der Waals surface area contributed by atoms with E-state index in [1.807, 2.05) is 42.5 Å². The summed E-state index contributed by atoms with van der Waals surface area (Å²) in [5, 5.41) is 12.2. The van der Waals surface area contributed by atoms with Gasteiger partial charge in [0, 0.05) is 17.0 Å². The summed E-state index contributed by atoms with van der Waals surface area (Å²) in [5.74, 6) is 1.22. The Hall–Kier alpha value is -1.84. The summed E-state index contributed by atoms with van der Waals surface area (Å²) in [6.45, 7) is 1.44. The van der Waals surface area contributed by atoms with Gasteiger partial charge in [-0.25, -0.2) is 9.48 Å². The molecule has 0 bridgehead atoms. The highest BCUT2D eigenvalue weighted by atomic mass is 35.5. The zero-order chi connectivity index (χ0) is 15.9. The number of benzene rings is 2. The van der Waals surface area contributed by atoms with E-state index in [0.29, 0.717) is 11.6 Å². The SMILES string of the molecule is O[C@]1(c2ccc(Cl)cc2)CN(c2ccccc2)C2=[N+]1CCCC2. The first-order valence-corrected chi connectivity index (χ1v) is 8.51. The highest BCUT2D eigenvalue weighted by molar-refractivity contribution is 6.30. The third-order valence-electron chi connectivity index (χ3n) is 4.85. The van der Waals surface area contributed by atoms with Gasteiger partial charge in [-0.3, -0.25) is 0 Å². The number of hydrogen-bond acceptors (Lipinski definition) is 2. The van der Waals surface area contributed by atoms with Gasteiger partial charge in [0.15, 0.2) is 6.54 Å². The second-order valence-electron chi connectivity index (χ2n) is 6.27. The van der Waals surface area contributed by atoms with Gasteiger partial charge in [0.25, 0.3) is 11.6 Å². The Labute approximate surface area is 141 Å². The number of rotatable bonds is 2. The molecule has 0 saturated carbocycles. The van der Waals surface area contributed by atoms with E-state index in [4.69, 9.17) is 11.6 Å². The molecule has 3 nitrogen and oxygen atoms in total. The number of anilines is 1. The van der Waals surface area contributed by atoms with Crippen molar-refractivity contribution in [2.24, 2.45) is 0 Å². The Morgan fingerprint density at radius 2 is 1.74 bits per heavy atom. The average molecular weight is 328 g/mol. The summed E-state index contributed by atoms with van der Waals surface area (Å²) in [7, 11) is 0. The van der Waals surface area contributed by atoms with E-state index in [2.05, 4.69) is 21.6 Å². The van der Waals surface area contributed by atoms with Crippen LogP contribution in [0.3, 0.4) is 0 Å². The van der Waals surface area contributed by atoms with Crippen molar-refractivity contribution in [3.05, 3.63) is 65.2 Å². The van der Waals surface area contributed by atoms with Crippen LogP contribution < -0.4 is 4.90 Å². The number of para-hydroxylation sites is 1. The second-order valence-corrected chi connectivity index (χ2v) is 6.71. The average Bonchev–Trinajstić information content (AvgIpc) is 2.91. The number of hydrogen-bond donors (Lipinski definition) is 1. The van der Waals surface area contributed by atoms with E-state index in [1.165, 1.54) is 12.3 Å². The Morgan fingerprint density at radius 3 is 2.48 bits per heavy atom. The number of amidine groups is 1. The highest BCUT2D eigenvalue weighted by Crippen LogP contribution is 2.35. The normalized spacial score (nSPS) is 24.0. The van der Waals surface area contributed by atoms with Crippen LogP contribution in [0.15, 0.2) is 54.6 Å². The maximum absolute atomic E-state index is 11.5. The molecular weight excluding hydrogens is 308 g/mol.